The van der Waals surface area contributed by atoms with Gasteiger partial charge >= 0.3 is 0 Å². The molecule has 0 saturated carbocycles. The summed E-state index contributed by atoms with van der Waals surface area (Å²) in [6.07, 6.45) is 3.74. The summed E-state index contributed by atoms with van der Waals surface area (Å²) in [5.74, 6) is 0.577. The summed E-state index contributed by atoms with van der Waals surface area (Å²) in [7, 11) is 0. The van der Waals surface area contributed by atoms with Crippen LogP contribution in [0.5, 0.6) is 0 Å². The fraction of sp³-hybridized carbons (Fsp3) is 0.867. The predicted octanol–water partition coefficient (Wildman–Crippen LogP) is 1.43. The fourth-order valence-electron chi connectivity index (χ4n) is 1.73. The summed E-state index contributed by atoms with van der Waals surface area (Å²) >= 11 is 0. The second-order valence-electron chi connectivity index (χ2n) is 5.49. The van der Waals surface area contributed by atoms with Crippen molar-refractivity contribution in [2.45, 2.75) is 52.9 Å². The molecule has 0 aliphatic heterocycles. The Morgan fingerprint density at radius 1 is 0.900 bits per heavy atom. The molecular formula is C15H31N3O2. The van der Waals surface area contributed by atoms with Crippen LogP contribution in [0, 0.1) is 5.92 Å². The topological polar surface area (TPSA) is 70.2 Å². The number of carbonyl (C=O) groups is 2. The molecule has 0 spiro atoms. The van der Waals surface area contributed by atoms with Crippen molar-refractivity contribution < 1.29 is 9.59 Å². The zero-order valence-corrected chi connectivity index (χ0v) is 13.3. The Morgan fingerprint density at radius 3 is 2.05 bits per heavy atom. The van der Waals surface area contributed by atoms with Gasteiger partial charge in [-0.2, -0.15) is 0 Å². The van der Waals surface area contributed by atoms with Crippen molar-refractivity contribution in [2.75, 3.05) is 26.2 Å². The third-order valence-electron chi connectivity index (χ3n) is 2.91. The average molecular weight is 285 g/mol. The first kappa shape index (κ1) is 18.9. The minimum atomic E-state index is -0.0550. The Balaban J connectivity index is 3.42. The zero-order chi connectivity index (χ0) is 15.2. The summed E-state index contributed by atoms with van der Waals surface area (Å²) in [4.78, 5) is 23.0. The first-order valence-electron chi connectivity index (χ1n) is 7.80. The molecule has 0 aliphatic rings. The van der Waals surface area contributed by atoms with Crippen LogP contribution in [0.15, 0.2) is 0 Å². The zero-order valence-electron chi connectivity index (χ0n) is 13.3. The lowest BCUT2D eigenvalue weighted by Gasteiger charge is -2.08. The van der Waals surface area contributed by atoms with Crippen molar-refractivity contribution >= 4 is 11.8 Å². The molecule has 0 rings (SSSR count). The highest BCUT2D eigenvalue weighted by Gasteiger charge is 2.06. The minimum absolute atomic E-state index is 0.0342. The van der Waals surface area contributed by atoms with Gasteiger partial charge in [0.2, 0.25) is 11.8 Å². The number of hydrogen-bond acceptors (Lipinski definition) is 3. The molecular weight excluding hydrogens is 254 g/mol. The van der Waals surface area contributed by atoms with Crippen LogP contribution in [0.1, 0.15) is 52.9 Å². The van der Waals surface area contributed by atoms with Crippen molar-refractivity contribution in [3.8, 4) is 0 Å². The second kappa shape index (κ2) is 12.9. The Morgan fingerprint density at radius 2 is 1.50 bits per heavy atom. The normalized spacial score (nSPS) is 10.6. The van der Waals surface area contributed by atoms with Gasteiger partial charge in [0, 0.05) is 32.5 Å². The molecule has 0 heterocycles. The minimum Gasteiger partial charge on any atom is -0.356 e. The molecule has 2 amide bonds. The molecule has 118 valence electrons. The first-order chi connectivity index (χ1) is 9.56. The van der Waals surface area contributed by atoms with E-state index in [-0.39, 0.29) is 24.7 Å². The van der Waals surface area contributed by atoms with Gasteiger partial charge in [-0.3, -0.25) is 9.59 Å². The van der Waals surface area contributed by atoms with Crippen LogP contribution in [-0.2, 0) is 9.59 Å². The molecule has 3 N–H and O–H groups in total. The van der Waals surface area contributed by atoms with E-state index in [1.54, 1.807) is 0 Å². The number of rotatable bonds is 12. The lowest BCUT2D eigenvalue weighted by atomic mass is 10.1. The summed E-state index contributed by atoms with van der Waals surface area (Å²) in [6.45, 7) is 9.51. The molecule has 0 radical (unpaired) electrons. The highest BCUT2D eigenvalue weighted by molar-refractivity contribution is 5.83. The largest absolute Gasteiger partial charge is 0.356 e. The van der Waals surface area contributed by atoms with Gasteiger partial charge in [0.1, 0.15) is 0 Å². The number of nitrogens with one attached hydrogen (secondary N) is 3. The van der Waals surface area contributed by atoms with Gasteiger partial charge in [-0.15, -0.1) is 0 Å². The predicted molar refractivity (Wildman–Crippen MR) is 82.5 cm³/mol. The lowest BCUT2D eigenvalue weighted by molar-refractivity contribution is -0.126. The molecule has 0 aromatic rings. The van der Waals surface area contributed by atoms with E-state index < -0.39 is 0 Å². The van der Waals surface area contributed by atoms with Crippen molar-refractivity contribution in [1.82, 2.24) is 16.0 Å². The van der Waals surface area contributed by atoms with Gasteiger partial charge in [0.25, 0.3) is 0 Å². The van der Waals surface area contributed by atoms with E-state index >= 15 is 0 Å². The molecule has 0 aliphatic carbocycles. The van der Waals surface area contributed by atoms with E-state index in [9.17, 15) is 9.59 Å². The van der Waals surface area contributed by atoms with Crippen LogP contribution in [-0.4, -0.2) is 38.0 Å². The molecule has 0 aromatic carbocycles. The average Bonchev–Trinajstić information content (AvgIpc) is 2.41. The van der Waals surface area contributed by atoms with Crippen LogP contribution in [0.2, 0.25) is 0 Å². The molecule has 0 bridgehead atoms. The highest BCUT2D eigenvalue weighted by Crippen LogP contribution is 2.01. The number of amides is 2. The fourth-order valence-corrected chi connectivity index (χ4v) is 1.73. The Bertz CT molecular complexity index is 268. The van der Waals surface area contributed by atoms with Gasteiger partial charge in [-0.25, -0.2) is 0 Å². The molecule has 0 fully saturated rings. The molecule has 0 atom stereocenters. The van der Waals surface area contributed by atoms with Crippen molar-refractivity contribution in [3.63, 3.8) is 0 Å². The van der Waals surface area contributed by atoms with E-state index in [1.807, 2.05) is 0 Å². The maximum Gasteiger partial charge on any atom is 0.220 e. The monoisotopic (exact) mass is 285 g/mol. The van der Waals surface area contributed by atoms with Crippen molar-refractivity contribution in [2.24, 2.45) is 5.92 Å². The van der Waals surface area contributed by atoms with E-state index in [2.05, 4.69) is 36.7 Å². The molecule has 0 aromatic heterocycles. The van der Waals surface area contributed by atoms with Gasteiger partial charge in [0.05, 0.1) is 0 Å². The van der Waals surface area contributed by atoms with Crippen LogP contribution in [0.25, 0.3) is 0 Å². The van der Waals surface area contributed by atoms with Crippen LogP contribution < -0.4 is 16.0 Å². The maximum atomic E-state index is 11.5. The van der Waals surface area contributed by atoms with Gasteiger partial charge in [0.15, 0.2) is 0 Å². The Hall–Kier alpha value is -1.10. The number of carbonyl (C=O) groups excluding carboxylic acids is 2. The molecule has 5 nitrogen and oxygen atoms in total. The van der Waals surface area contributed by atoms with Gasteiger partial charge in [-0.1, -0.05) is 20.8 Å². The van der Waals surface area contributed by atoms with Crippen molar-refractivity contribution in [1.29, 1.82) is 0 Å². The molecule has 0 unspecified atom stereocenters. The quantitative estimate of drug-likeness (QED) is 0.475. The smallest absolute Gasteiger partial charge is 0.220 e. The van der Waals surface area contributed by atoms with Crippen LogP contribution >= 0.6 is 0 Å². The SMILES string of the molecule is CCCNCCNC(=O)CCC(=O)NCCCC(C)C. The summed E-state index contributed by atoms with van der Waals surface area (Å²) in [5.41, 5.74) is 0. The maximum absolute atomic E-state index is 11.5. The van der Waals surface area contributed by atoms with Crippen LogP contribution in [0.4, 0.5) is 0 Å². The highest BCUT2D eigenvalue weighted by atomic mass is 16.2. The van der Waals surface area contributed by atoms with E-state index in [0.717, 1.165) is 32.4 Å². The third-order valence-corrected chi connectivity index (χ3v) is 2.91. The van der Waals surface area contributed by atoms with Crippen molar-refractivity contribution in [3.05, 3.63) is 0 Å². The molecule has 20 heavy (non-hydrogen) atoms. The first-order valence-corrected chi connectivity index (χ1v) is 7.80. The summed E-state index contributed by atoms with van der Waals surface area (Å²) < 4.78 is 0. The molecule has 5 heteroatoms. The van der Waals surface area contributed by atoms with E-state index in [4.69, 9.17) is 0 Å². The Kier molecular flexibility index (Phi) is 12.2. The lowest BCUT2D eigenvalue weighted by Crippen LogP contribution is -2.33. The van der Waals surface area contributed by atoms with Gasteiger partial charge in [-0.05, 0) is 31.7 Å². The molecule has 0 saturated heterocycles. The Labute approximate surface area is 123 Å². The standard InChI is InChI=1S/C15H31N3O2/c1-4-9-16-11-12-18-15(20)8-7-14(19)17-10-5-6-13(2)3/h13,16H,4-12H2,1-3H3,(H,17,19)(H,18,20). The van der Waals surface area contributed by atoms with Crippen LogP contribution in [0.3, 0.4) is 0 Å². The summed E-state index contributed by atoms with van der Waals surface area (Å²) in [5, 5.41) is 8.85. The van der Waals surface area contributed by atoms with E-state index in [1.165, 1.54) is 0 Å². The second-order valence-corrected chi connectivity index (χ2v) is 5.49. The number of hydrogen-bond donors (Lipinski definition) is 3. The summed E-state index contributed by atoms with van der Waals surface area (Å²) in [6, 6.07) is 0. The van der Waals surface area contributed by atoms with E-state index in [0.29, 0.717) is 19.0 Å². The van der Waals surface area contributed by atoms with Gasteiger partial charge < -0.3 is 16.0 Å². The third kappa shape index (κ3) is 13.3.